The number of rotatable bonds is 10. The second-order valence-electron chi connectivity index (χ2n) is 13.4. The van der Waals surface area contributed by atoms with E-state index in [9.17, 15) is 76.3 Å². The minimum Gasteiger partial charge on any atom is -0.508 e. The summed E-state index contributed by atoms with van der Waals surface area (Å²) in [4.78, 5) is 14.1. The molecule has 306 valence electrons. The zero-order valence-corrected chi connectivity index (χ0v) is 28.4. The Morgan fingerprint density at radius 1 is 0.545 bits per heavy atom. The lowest BCUT2D eigenvalue weighted by Gasteiger charge is -2.49. The number of aromatic hydroxyl groups is 4. The van der Waals surface area contributed by atoms with Crippen molar-refractivity contribution >= 4 is 5.78 Å². The normalized spacial score (nSPS) is 40.7. The van der Waals surface area contributed by atoms with E-state index < -0.39 is 158 Å². The number of ether oxygens (including phenoxy) is 7. The maximum Gasteiger partial charge on any atom is 0.203 e. The maximum absolute atomic E-state index is 14.1. The summed E-state index contributed by atoms with van der Waals surface area (Å²) >= 11 is 0. The Morgan fingerprint density at radius 2 is 1.05 bits per heavy atom. The molecule has 3 saturated heterocycles. The van der Waals surface area contributed by atoms with Gasteiger partial charge in [-0.1, -0.05) is 6.07 Å². The second kappa shape index (κ2) is 16.5. The Kier molecular flexibility index (Phi) is 12.3. The summed E-state index contributed by atoms with van der Waals surface area (Å²) in [7, 11) is 0. The molecule has 22 heteroatoms. The van der Waals surface area contributed by atoms with Crippen LogP contribution in [-0.4, -0.2) is 195 Å². The van der Waals surface area contributed by atoms with E-state index in [0.29, 0.717) is 0 Å². The fourth-order valence-corrected chi connectivity index (χ4v) is 6.75. The van der Waals surface area contributed by atoms with Crippen molar-refractivity contribution in [1.82, 2.24) is 0 Å². The number of carbonyl (C=O) groups excluding carboxylic acids is 1. The molecular weight excluding hydrogens is 748 g/mol. The molecule has 0 radical (unpaired) electrons. The molecule has 0 spiro atoms. The fourth-order valence-electron chi connectivity index (χ4n) is 6.75. The Labute approximate surface area is 309 Å². The van der Waals surface area contributed by atoms with Crippen molar-refractivity contribution in [3.8, 4) is 28.7 Å². The Bertz CT molecular complexity index is 1660. The summed E-state index contributed by atoms with van der Waals surface area (Å²) in [6.07, 6.45) is -32.0. The molecule has 4 heterocycles. The zero-order chi connectivity index (χ0) is 40.0. The van der Waals surface area contributed by atoms with E-state index in [1.165, 1.54) is 6.07 Å². The predicted octanol–water partition coefficient (Wildman–Crippen LogP) is -5.34. The first-order chi connectivity index (χ1) is 26.1. The number of benzene rings is 2. The number of phenols is 4. The van der Waals surface area contributed by atoms with Crippen LogP contribution in [0.25, 0.3) is 0 Å². The molecule has 0 aromatic heterocycles. The van der Waals surface area contributed by atoms with Crippen LogP contribution in [0.2, 0.25) is 0 Å². The quantitative estimate of drug-likeness (QED) is 0.0999. The van der Waals surface area contributed by atoms with Crippen molar-refractivity contribution in [2.75, 3.05) is 19.8 Å². The number of hydrogen-bond donors (Lipinski definition) is 14. The molecule has 17 unspecified atom stereocenters. The summed E-state index contributed by atoms with van der Waals surface area (Å²) in [6, 6.07) is 5.15. The molecule has 6 rings (SSSR count). The van der Waals surface area contributed by atoms with Gasteiger partial charge in [-0.05, 0) is 17.7 Å². The van der Waals surface area contributed by atoms with E-state index in [2.05, 4.69) is 0 Å². The van der Waals surface area contributed by atoms with Crippen LogP contribution in [0.3, 0.4) is 0 Å². The third-order valence-corrected chi connectivity index (χ3v) is 9.79. The van der Waals surface area contributed by atoms with Crippen LogP contribution in [0.15, 0.2) is 30.3 Å². The molecule has 4 aliphatic rings. The van der Waals surface area contributed by atoms with Gasteiger partial charge in [-0.25, -0.2) is 0 Å². The highest BCUT2D eigenvalue weighted by molar-refractivity contribution is 6.05. The van der Waals surface area contributed by atoms with Crippen molar-refractivity contribution < 1.29 is 109 Å². The molecule has 0 amide bonds. The van der Waals surface area contributed by atoms with Gasteiger partial charge in [0.2, 0.25) is 5.78 Å². The third-order valence-electron chi connectivity index (χ3n) is 9.79. The summed E-state index contributed by atoms with van der Waals surface area (Å²) in [5.41, 5.74) is -0.498. The van der Waals surface area contributed by atoms with Crippen LogP contribution in [-0.2, 0) is 28.4 Å². The van der Waals surface area contributed by atoms with Gasteiger partial charge in [-0.2, -0.15) is 0 Å². The first-order valence-corrected chi connectivity index (χ1v) is 16.9. The molecule has 0 aliphatic carbocycles. The van der Waals surface area contributed by atoms with Crippen molar-refractivity contribution in [2.24, 2.45) is 0 Å². The number of fused-ring (bicyclic) bond motifs is 1. The Hall–Kier alpha value is -3.53. The van der Waals surface area contributed by atoms with Gasteiger partial charge in [-0.3, -0.25) is 4.79 Å². The molecule has 22 nitrogen and oxygen atoms in total. The molecule has 4 aliphatic heterocycles. The van der Waals surface area contributed by atoms with E-state index in [0.717, 1.165) is 24.3 Å². The molecule has 2 aromatic carbocycles. The van der Waals surface area contributed by atoms with E-state index in [1.807, 2.05) is 0 Å². The van der Waals surface area contributed by atoms with Crippen LogP contribution in [0.4, 0.5) is 0 Å². The fraction of sp³-hybridized carbons (Fsp3) is 0.606. The Morgan fingerprint density at radius 3 is 1.60 bits per heavy atom. The van der Waals surface area contributed by atoms with Gasteiger partial charge in [0.05, 0.1) is 19.8 Å². The van der Waals surface area contributed by atoms with Crippen molar-refractivity contribution in [3.05, 3.63) is 41.5 Å². The van der Waals surface area contributed by atoms with Crippen molar-refractivity contribution in [1.29, 1.82) is 0 Å². The highest BCUT2D eigenvalue weighted by Crippen LogP contribution is 2.45. The van der Waals surface area contributed by atoms with E-state index in [-0.39, 0.29) is 11.3 Å². The van der Waals surface area contributed by atoms with Crippen LogP contribution < -0.4 is 4.74 Å². The van der Waals surface area contributed by atoms with Gasteiger partial charge in [0, 0.05) is 12.1 Å². The lowest BCUT2D eigenvalue weighted by molar-refractivity contribution is -0.395. The van der Waals surface area contributed by atoms with E-state index >= 15 is 0 Å². The highest BCUT2D eigenvalue weighted by Gasteiger charge is 2.55. The van der Waals surface area contributed by atoms with E-state index in [4.69, 9.17) is 33.2 Å². The molecule has 17 atom stereocenters. The molecule has 0 bridgehead atoms. The first-order valence-electron chi connectivity index (χ1n) is 16.9. The summed E-state index contributed by atoms with van der Waals surface area (Å²) in [5, 5.41) is 145. The average Bonchev–Trinajstić information content (AvgIpc) is 3.15. The molecule has 14 N–H and O–H groups in total. The summed E-state index contributed by atoms with van der Waals surface area (Å²) < 4.78 is 40.3. The molecule has 3 fully saturated rings. The molecule has 55 heavy (non-hydrogen) atoms. The number of aliphatic hydroxyl groups excluding tert-OH is 10. The van der Waals surface area contributed by atoms with Crippen LogP contribution in [0, 0.1) is 0 Å². The average molecular weight is 791 g/mol. The van der Waals surface area contributed by atoms with Crippen molar-refractivity contribution in [2.45, 2.75) is 104 Å². The van der Waals surface area contributed by atoms with Gasteiger partial charge in [0.25, 0.3) is 0 Å². The van der Waals surface area contributed by atoms with Gasteiger partial charge in [0.1, 0.15) is 96.1 Å². The third kappa shape index (κ3) is 7.78. The van der Waals surface area contributed by atoms with E-state index in [1.54, 1.807) is 0 Å². The van der Waals surface area contributed by atoms with Gasteiger partial charge in [-0.15, -0.1) is 0 Å². The van der Waals surface area contributed by atoms with Crippen molar-refractivity contribution in [3.63, 3.8) is 0 Å². The summed E-state index contributed by atoms with van der Waals surface area (Å²) in [5.74, 6) is -3.78. The van der Waals surface area contributed by atoms with Crippen LogP contribution >= 0.6 is 0 Å². The monoisotopic (exact) mass is 790 g/mol. The number of phenolic OH excluding ortho intramolecular Hbond substituents is 4. The lowest BCUT2D eigenvalue weighted by Crippen LogP contribution is -2.67. The lowest BCUT2D eigenvalue weighted by atomic mass is 9.92. The van der Waals surface area contributed by atoms with Crippen LogP contribution in [0.5, 0.6) is 28.7 Å². The number of carbonyl (C=O) groups is 1. The SMILES string of the molecule is O=C1c2c(O)cc(O)cc2OC(c2ccc(O)c(O)c2)C1OC1OC(CO)C(O)C(O)C1OC1OC(CO)C(O)C(O)C1OC1OC(CO)C(O)C(O)C1O. The second-order valence-corrected chi connectivity index (χ2v) is 13.4. The first kappa shape index (κ1) is 41.1. The number of ketones is 1. The highest BCUT2D eigenvalue weighted by atomic mass is 16.8. The summed E-state index contributed by atoms with van der Waals surface area (Å²) in [6.45, 7) is -2.73. The largest absolute Gasteiger partial charge is 0.508 e. The van der Waals surface area contributed by atoms with Gasteiger partial charge < -0.3 is 105 Å². The minimum absolute atomic E-state index is 0.0128. The number of hydrogen-bond acceptors (Lipinski definition) is 22. The zero-order valence-electron chi connectivity index (χ0n) is 28.4. The minimum atomic E-state index is -2.10. The van der Waals surface area contributed by atoms with Gasteiger partial charge >= 0.3 is 0 Å². The molecule has 0 saturated carbocycles. The molecular formula is C33H42O22. The number of aliphatic hydroxyl groups is 10. The smallest absolute Gasteiger partial charge is 0.203 e. The Balaban J connectivity index is 1.36. The van der Waals surface area contributed by atoms with Gasteiger partial charge in [0.15, 0.2) is 42.6 Å². The topological polar surface area (TPSA) is 365 Å². The molecule has 2 aromatic rings. The number of Topliss-reactive ketones (excluding diaryl/α,β-unsaturated/α-hetero) is 1. The van der Waals surface area contributed by atoms with Crippen LogP contribution in [0.1, 0.15) is 22.0 Å². The predicted molar refractivity (Wildman–Crippen MR) is 171 cm³/mol. The maximum atomic E-state index is 14.1. The standard InChI is InChI=1S/C33H42O22/c34-6-15-19(41)23(45)26(48)31(50-15)54-29-24(46)20(42)17(8-36)52-33(29)55-30-25(47)21(43)16(7-35)51-32(30)53-28-22(44)18-13(40)4-10(37)5-14(18)49-27(28)9-1-2-11(38)12(39)3-9/h1-5,15-17,19-21,23-43,45-48H,6-8H2.